The number of rotatable bonds is 7. The lowest BCUT2D eigenvalue weighted by Crippen LogP contribution is -2.47. The Kier molecular flexibility index (Phi) is 7.40. The molecule has 1 unspecified atom stereocenters. The number of benzene rings is 2. The predicted molar refractivity (Wildman–Crippen MR) is 115 cm³/mol. The molecule has 7 nitrogen and oxygen atoms in total. The monoisotopic (exact) mass is 469 g/mol. The quantitative estimate of drug-likeness (QED) is 0.515. The summed E-state index contributed by atoms with van der Waals surface area (Å²) in [5.74, 6) is -0.139. The van der Waals surface area contributed by atoms with Gasteiger partial charge in [-0.1, -0.05) is 52.3 Å². The zero-order valence-corrected chi connectivity index (χ0v) is 17.8. The van der Waals surface area contributed by atoms with Crippen LogP contribution in [0.25, 0.3) is 0 Å². The molecule has 1 atom stereocenters. The van der Waals surface area contributed by atoms with E-state index in [1.807, 2.05) is 36.4 Å². The highest BCUT2D eigenvalue weighted by Crippen LogP contribution is 2.19. The van der Waals surface area contributed by atoms with Gasteiger partial charge in [-0.3, -0.25) is 20.4 Å². The van der Waals surface area contributed by atoms with Crippen molar-refractivity contribution in [2.24, 2.45) is 0 Å². The van der Waals surface area contributed by atoms with Crippen molar-refractivity contribution >= 4 is 27.7 Å². The molecule has 0 aliphatic rings. The van der Waals surface area contributed by atoms with Crippen LogP contribution in [0.1, 0.15) is 22.8 Å². The molecule has 0 aliphatic heterocycles. The topological polar surface area (TPSA) is 89.6 Å². The summed E-state index contributed by atoms with van der Waals surface area (Å²) in [6, 6.07) is 19.8. The van der Waals surface area contributed by atoms with Crippen molar-refractivity contribution in [3.8, 4) is 11.6 Å². The van der Waals surface area contributed by atoms with Crippen LogP contribution in [-0.4, -0.2) is 22.9 Å². The standard InChI is InChI=1S/C22H20BrN3O4/c1-15(30-19-9-5-8-18(23)13-19)21(27)25-26-22(28)17-10-11-24-20(12-17)29-14-16-6-3-2-4-7-16/h2-13,15H,14H2,1H3,(H,25,27)(H,26,28). The average molecular weight is 470 g/mol. The van der Waals surface area contributed by atoms with Crippen molar-refractivity contribution in [2.45, 2.75) is 19.6 Å². The number of hydrogen-bond acceptors (Lipinski definition) is 5. The molecular formula is C22H20BrN3O4. The molecule has 30 heavy (non-hydrogen) atoms. The van der Waals surface area contributed by atoms with E-state index in [0.717, 1.165) is 10.0 Å². The van der Waals surface area contributed by atoms with Gasteiger partial charge in [0.2, 0.25) is 5.88 Å². The van der Waals surface area contributed by atoms with Crippen LogP contribution in [0.5, 0.6) is 11.6 Å². The summed E-state index contributed by atoms with van der Waals surface area (Å²) in [6.45, 7) is 1.92. The van der Waals surface area contributed by atoms with Gasteiger partial charge in [-0.15, -0.1) is 0 Å². The number of halogens is 1. The van der Waals surface area contributed by atoms with Crippen molar-refractivity contribution in [3.63, 3.8) is 0 Å². The Morgan fingerprint density at radius 2 is 1.83 bits per heavy atom. The summed E-state index contributed by atoms with van der Waals surface area (Å²) >= 11 is 3.34. The van der Waals surface area contributed by atoms with Crippen LogP contribution >= 0.6 is 15.9 Å². The Balaban J connectivity index is 1.51. The smallest absolute Gasteiger partial charge is 0.279 e. The van der Waals surface area contributed by atoms with Crippen molar-refractivity contribution in [1.29, 1.82) is 0 Å². The first-order valence-corrected chi connectivity index (χ1v) is 9.96. The van der Waals surface area contributed by atoms with Gasteiger partial charge in [0.25, 0.3) is 11.8 Å². The van der Waals surface area contributed by atoms with Gasteiger partial charge in [-0.05, 0) is 36.8 Å². The molecule has 0 radical (unpaired) electrons. The van der Waals surface area contributed by atoms with Crippen LogP contribution in [0.3, 0.4) is 0 Å². The number of amides is 2. The second-order valence-electron chi connectivity index (χ2n) is 6.32. The van der Waals surface area contributed by atoms with E-state index in [1.165, 1.54) is 18.3 Å². The maximum Gasteiger partial charge on any atom is 0.279 e. The average Bonchev–Trinajstić information content (AvgIpc) is 2.76. The van der Waals surface area contributed by atoms with Crippen LogP contribution < -0.4 is 20.3 Å². The fourth-order valence-electron chi connectivity index (χ4n) is 2.45. The summed E-state index contributed by atoms with van der Waals surface area (Å²) in [6.07, 6.45) is 0.664. The molecule has 2 amide bonds. The van der Waals surface area contributed by atoms with Gasteiger partial charge in [-0.25, -0.2) is 4.98 Å². The third-order valence-corrected chi connectivity index (χ3v) is 4.50. The number of carbonyl (C=O) groups is 2. The first kappa shape index (κ1) is 21.3. The zero-order chi connectivity index (χ0) is 21.3. The molecule has 8 heteroatoms. The van der Waals surface area contributed by atoms with Crippen molar-refractivity contribution < 1.29 is 19.1 Å². The number of hydrazine groups is 1. The number of aromatic nitrogens is 1. The highest BCUT2D eigenvalue weighted by atomic mass is 79.9. The number of nitrogens with zero attached hydrogens (tertiary/aromatic N) is 1. The largest absolute Gasteiger partial charge is 0.481 e. The third kappa shape index (κ3) is 6.31. The Labute approximate surface area is 182 Å². The molecule has 0 fully saturated rings. The summed E-state index contributed by atoms with van der Waals surface area (Å²) in [4.78, 5) is 28.6. The Hall–Kier alpha value is -3.39. The van der Waals surface area contributed by atoms with Gasteiger partial charge in [0.05, 0.1) is 0 Å². The molecule has 0 bridgehead atoms. The number of pyridine rings is 1. The first-order chi connectivity index (χ1) is 14.5. The number of ether oxygens (including phenoxy) is 2. The fourth-order valence-corrected chi connectivity index (χ4v) is 2.83. The summed E-state index contributed by atoms with van der Waals surface area (Å²) < 4.78 is 12.0. The number of nitrogens with one attached hydrogen (secondary N) is 2. The highest BCUT2D eigenvalue weighted by Gasteiger charge is 2.16. The summed E-state index contributed by atoms with van der Waals surface area (Å²) in [7, 11) is 0. The molecule has 2 N–H and O–H groups in total. The van der Waals surface area contributed by atoms with Gasteiger partial charge in [0.1, 0.15) is 12.4 Å². The fraction of sp³-hybridized carbons (Fsp3) is 0.136. The summed E-state index contributed by atoms with van der Waals surface area (Å²) in [5, 5.41) is 0. The van der Waals surface area contributed by atoms with Crippen molar-refractivity contribution in [1.82, 2.24) is 15.8 Å². The minimum atomic E-state index is -0.804. The lowest BCUT2D eigenvalue weighted by molar-refractivity contribution is -0.128. The van der Waals surface area contributed by atoms with Gasteiger partial charge >= 0.3 is 0 Å². The Morgan fingerprint density at radius 3 is 2.60 bits per heavy atom. The van der Waals surface area contributed by atoms with Crippen LogP contribution in [0, 0.1) is 0 Å². The molecule has 2 aromatic carbocycles. The minimum Gasteiger partial charge on any atom is -0.481 e. The highest BCUT2D eigenvalue weighted by molar-refractivity contribution is 9.10. The van der Waals surface area contributed by atoms with Gasteiger partial charge in [-0.2, -0.15) is 0 Å². The van der Waals surface area contributed by atoms with E-state index in [2.05, 4.69) is 31.8 Å². The van der Waals surface area contributed by atoms with Crippen molar-refractivity contribution in [2.75, 3.05) is 0 Å². The van der Waals surface area contributed by atoms with E-state index in [1.54, 1.807) is 25.1 Å². The molecule has 0 spiro atoms. The zero-order valence-electron chi connectivity index (χ0n) is 16.2. The van der Waals surface area contributed by atoms with Crippen LogP contribution in [0.15, 0.2) is 77.4 Å². The molecule has 0 aliphatic carbocycles. The molecule has 1 heterocycles. The maximum atomic E-state index is 12.3. The number of hydrogen-bond donors (Lipinski definition) is 2. The summed E-state index contributed by atoms with van der Waals surface area (Å²) in [5.41, 5.74) is 6.01. The Bertz CT molecular complexity index is 1010. The molecule has 154 valence electrons. The predicted octanol–water partition coefficient (Wildman–Crippen LogP) is 3.65. The maximum absolute atomic E-state index is 12.3. The van der Waals surface area contributed by atoms with Crippen molar-refractivity contribution in [3.05, 3.63) is 88.5 Å². The molecule has 1 aromatic heterocycles. The van der Waals surface area contributed by atoms with E-state index in [4.69, 9.17) is 9.47 Å². The second-order valence-corrected chi connectivity index (χ2v) is 7.23. The van der Waals surface area contributed by atoms with Gasteiger partial charge in [0.15, 0.2) is 6.10 Å². The second kappa shape index (κ2) is 10.4. The minimum absolute atomic E-state index is 0.300. The molecule has 0 saturated carbocycles. The van der Waals surface area contributed by atoms with Crippen LogP contribution in [0.2, 0.25) is 0 Å². The molecule has 3 rings (SSSR count). The van der Waals surface area contributed by atoms with E-state index in [-0.39, 0.29) is 0 Å². The van der Waals surface area contributed by atoms with Gasteiger partial charge in [0, 0.05) is 22.3 Å². The molecular weight excluding hydrogens is 450 g/mol. The van der Waals surface area contributed by atoms with E-state index in [0.29, 0.717) is 23.8 Å². The Morgan fingerprint density at radius 1 is 1.03 bits per heavy atom. The number of carbonyl (C=O) groups excluding carboxylic acids is 2. The van der Waals surface area contributed by atoms with Gasteiger partial charge < -0.3 is 9.47 Å². The lowest BCUT2D eigenvalue weighted by Gasteiger charge is -2.15. The van der Waals surface area contributed by atoms with E-state index < -0.39 is 17.9 Å². The van der Waals surface area contributed by atoms with Crippen LogP contribution in [-0.2, 0) is 11.4 Å². The first-order valence-electron chi connectivity index (χ1n) is 9.16. The van der Waals surface area contributed by atoms with E-state index >= 15 is 0 Å². The van der Waals surface area contributed by atoms with E-state index in [9.17, 15) is 9.59 Å². The third-order valence-electron chi connectivity index (χ3n) is 4.00. The lowest BCUT2D eigenvalue weighted by atomic mass is 10.2. The molecule has 3 aromatic rings. The SMILES string of the molecule is CC(Oc1cccc(Br)c1)C(=O)NNC(=O)c1ccnc(OCc2ccccc2)c1. The van der Waals surface area contributed by atoms with Crippen LogP contribution in [0.4, 0.5) is 0 Å². The molecule has 0 saturated heterocycles. The normalized spacial score (nSPS) is 11.3.